The maximum Gasteiger partial charge on any atom is 0.261 e. The lowest BCUT2D eigenvalue weighted by Crippen LogP contribution is -2.39. The molecule has 2 aromatic rings. The van der Waals surface area contributed by atoms with Gasteiger partial charge in [-0.3, -0.25) is 4.79 Å². The molecule has 0 aliphatic heterocycles. The zero-order valence-corrected chi connectivity index (χ0v) is 16.2. The van der Waals surface area contributed by atoms with E-state index in [2.05, 4.69) is 38.2 Å². The lowest BCUT2D eigenvalue weighted by Gasteiger charge is -2.22. The summed E-state index contributed by atoms with van der Waals surface area (Å²) in [6.07, 6.45) is -0.279. The molecule has 2 atom stereocenters. The summed E-state index contributed by atoms with van der Waals surface area (Å²) in [5.74, 6) is -0.621. The second-order valence-corrected chi connectivity index (χ2v) is 7.55. The summed E-state index contributed by atoms with van der Waals surface area (Å²) in [5, 5.41) is 2.96. The van der Waals surface area contributed by atoms with Gasteiger partial charge in [0.1, 0.15) is 0 Å². The first-order valence-electron chi connectivity index (χ1n) is 9.04. The maximum absolute atomic E-state index is 13.8. The number of nitrogens with one attached hydrogen (secondary N) is 1. The van der Waals surface area contributed by atoms with E-state index in [-0.39, 0.29) is 23.1 Å². The molecule has 0 fully saturated rings. The Hall–Kier alpha value is -2.36. The third-order valence-electron chi connectivity index (χ3n) is 4.40. The molecule has 0 heterocycles. The number of benzene rings is 2. The second-order valence-electron chi connectivity index (χ2n) is 7.55. The van der Waals surface area contributed by atoms with Crippen LogP contribution in [0.4, 0.5) is 4.39 Å². The van der Waals surface area contributed by atoms with E-state index >= 15 is 0 Å². The van der Waals surface area contributed by atoms with Gasteiger partial charge in [0.15, 0.2) is 17.7 Å². The van der Waals surface area contributed by atoms with E-state index in [9.17, 15) is 9.18 Å². The van der Waals surface area contributed by atoms with Crippen molar-refractivity contribution < 1.29 is 13.9 Å². The summed E-state index contributed by atoms with van der Waals surface area (Å²) >= 11 is 0. The Bertz CT molecular complexity index is 735. The number of ether oxygens (including phenoxy) is 1. The van der Waals surface area contributed by atoms with Crippen molar-refractivity contribution in [1.29, 1.82) is 0 Å². The summed E-state index contributed by atoms with van der Waals surface area (Å²) in [6, 6.07) is 14.2. The van der Waals surface area contributed by atoms with Gasteiger partial charge in [-0.25, -0.2) is 4.39 Å². The monoisotopic (exact) mass is 357 g/mol. The summed E-state index contributed by atoms with van der Waals surface area (Å²) in [7, 11) is 0. The van der Waals surface area contributed by atoms with Crippen LogP contribution in [0.3, 0.4) is 0 Å². The van der Waals surface area contributed by atoms with Gasteiger partial charge >= 0.3 is 0 Å². The first kappa shape index (κ1) is 20.0. The molecule has 1 amide bonds. The lowest BCUT2D eigenvalue weighted by atomic mass is 9.86. The summed E-state index contributed by atoms with van der Waals surface area (Å²) in [6.45, 7) is 10.3. The minimum Gasteiger partial charge on any atom is -0.478 e. The molecule has 0 aliphatic rings. The zero-order chi connectivity index (χ0) is 19.3. The molecular formula is C22H28FNO2. The number of hydrogen-bond acceptors (Lipinski definition) is 2. The quantitative estimate of drug-likeness (QED) is 0.776. The molecule has 2 rings (SSSR count). The van der Waals surface area contributed by atoms with Crippen LogP contribution in [-0.2, 0) is 10.2 Å². The Morgan fingerprint density at radius 2 is 1.73 bits per heavy atom. The van der Waals surface area contributed by atoms with Crippen LogP contribution in [0.15, 0.2) is 48.5 Å². The maximum atomic E-state index is 13.8. The number of amides is 1. The Kier molecular flexibility index (Phi) is 6.41. The minimum atomic E-state index is -0.733. The van der Waals surface area contributed by atoms with Crippen molar-refractivity contribution in [2.24, 2.45) is 0 Å². The fourth-order valence-corrected chi connectivity index (χ4v) is 2.68. The standard InChI is InChI=1S/C22H28FNO2/c1-6-19(26-20-10-8-7-9-18(20)23)21(25)24-15(2)16-11-13-17(14-12-16)22(3,4)5/h7-15,19H,6H2,1-5H3,(H,24,25)/t15-,19+/m0/s1. The molecule has 0 saturated carbocycles. The van der Waals surface area contributed by atoms with Crippen molar-refractivity contribution in [3.8, 4) is 5.75 Å². The third-order valence-corrected chi connectivity index (χ3v) is 4.40. The van der Waals surface area contributed by atoms with E-state index in [1.165, 1.54) is 17.7 Å². The molecule has 0 unspecified atom stereocenters. The van der Waals surface area contributed by atoms with Gasteiger partial charge in [0.25, 0.3) is 5.91 Å². The molecule has 0 aromatic heterocycles. The molecule has 140 valence electrons. The van der Waals surface area contributed by atoms with Gasteiger partial charge in [-0.1, -0.05) is 64.1 Å². The van der Waals surface area contributed by atoms with E-state index in [0.29, 0.717) is 6.42 Å². The predicted octanol–water partition coefficient (Wildman–Crippen LogP) is 5.16. The average molecular weight is 357 g/mol. The summed E-state index contributed by atoms with van der Waals surface area (Å²) in [5.41, 5.74) is 2.35. The highest BCUT2D eigenvalue weighted by molar-refractivity contribution is 5.81. The molecule has 1 N–H and O–H groups in total. The van der Waals surface area contributed by atoms with Gasteiger partial charge in [-0.2, -0.15) is 0 Å². The van der Waals surface area contributed by atoms with Gasteiger partial charge in [0, 0.05) is 0 Å². The molecule has 0 aliphatic carbocycles. The lowest BCUT2D eigenvalue weighted by molar-refractivity contribution is -0.128. The van der Waals surface area contributed by atoms with E-state index in [0.717, 1.165) is 5.56 Å². The number of rotatable bonds is 6. The van der Waals surface area contributed by atoms with Crippen LogP contribution in [0.2, 0.25) is 0 Å². The smallest absolute Gasteiger partial charge is 0.261 e. The third kappa shape index (κ3) is 5.07. The van der Waals surface area contributed by atoms with Crippen molar-refractivity contribution in [3.63, 3.8) is 0 Å². The number of carbonyl (C=O) groups is 1. The van der Waals surface area contributed by atoms with Gasteiger partial charge in [0.05, 0.1) is 6.04 Å². The van der Waals surface area contributed by atoms with Crippen LogP contribution in [-0.4, -0.2) is 12.0 Å². The van der Waals surface area contributed by atoms with Crippen LogP contribution in [0.1, 0.15) is 58.2 Å². The van der Waals surface area contributed by atoms with Crippen molar-refractivity contribution in [3.05, 3.63) is 65.5 Å². The number of carbonyl (C=O) groups excluding carboxylic acids is 1. The van der Waals surface area contributed by atoms with Gasteiger partial charge < -0.3 is 10.1 Å². The van der Waals surface area contributed by atoms with E-state index in [1.807, 2.05) is 26.0 Å². The highest BCUT2D eigenvalue weighted by Crippen LogP contribution is 2.24. The fourth-order valence-electron chi connectivity index (χ4n) is 2.68. The van der Waals surface area contributed by atoms with Crippen molar-refractivity contribution in [2.45, 2.75) is 58.6 Å². The van der Waals surface area contributed by atoms with Crippen molar-refractivity contribution in [1.82, 2.24) is 5.32 Å². The van der Waals surface area contributed by atoms with E-state index in [1.54, 1.807) is 12.1 Å². The van der Waals surface area contributed by atoms with E-state index < -0.39 is 11.9 Å². The van der Waals surface area contributed by atoms with Crippen molar-refractivity contribution >= 4 is 5.91 Å². The van der Waals surface area contributed by atoms with Crippen LogP contribution in [0.25, 0.3) is 0 Å². The molecule has 3 nitrogen and oxygen atoms in total. The largest absolute Gasteiger partial charge is 0.478 e. The molecule has 0 bridgehead atoms. The molecule has 0 radical (unpaired) electrons. The van der Waals surface area contributed by atoms with Gasteiger partial charge in [0.2, 0.25) is 0 Å². The topological polar surface area (TPSA) is 38.3 Å². The summed E-state index contributed by atoms with van der Waals surface area (Å²) < 4.78 is 19.3. The average Bonchev–Trinajstić information content (AvgIpc) is 2.60. The molecule has 4 heteroatoms. The summed E-state index contributed by atoms with van der Waals surface area (Å²) in [4.78, 5) is 12.5. The highest BCUT2D eigenvalue weighted by atomic mass is 19.1. The SMILES string of the molecule is CC[C@@H](Oc1ccccc1F)C(=O)N[C@@H](C)c1ccc(C(C)(C)C)cc1. The second kappa shape index (κ2) is 8.35. The number of para-hydroxylation sites is 1. The number of hydrogen-bond donors (Lipinski definition) is 1. The Labute approximate surface area is 155 Å². The zero-order valence-electron chi connectivity index (χ0n) is 16.2. The van der Waals surface area contributed by atoms with Crippen LogP contribution < -0.4 is 10.1 Å². The van der Waals surface area contributed by atoms with Gasteiger partial charge in [-0.15, -0.1) is 0 Å². The normalized spacial score (nSPS) is 13.8. The first-order chi connectivity index (χ1) is 12.2. The van der Waals surface area contributed by atoms with Crippen LogP contribution in [0, 0.1) is 5.82 Å². The van der Waals surface area contributed by atoms with Gasteiger partial charge in [-0.05, 0) is 42.0 Å². The first-order valence-corrected chi connectivity index (χ1v) is 9.04. The van der Waals surface area contributed by atoms with Crippen molar-refractivity contribution in [2.75, 3.05) is 0 Å². The van der Waals surface area contributed by atoms with Crippen LogP contribution >= 0.6 is 0 Å². The Morgan fingerprint density at radius 1 is 1.12 bits per heavy atom. The minimum absolute atomic E-state index is 0.0892. The van der Waals surface area contributed by atoms with Crippen LogP contribution in [0.5, 0.6) is 5.75 Å². The van der Waals surface area contributed by atoms with E-state index in [4.69, 9.17) is 4.74 Å². The molecule has 26 heavy (non-hydrogen) atoms. The Morgan fingerprint density at radius 3 is 2.27 bits per heavy atom. The fraction of sp³-hybridized carbons (Fsp3) is 0.409. The highest BCUT2D eigenvalue weighted by Gasteiger charge is 2.22. The Balaban J connectivity index is 2.03. The molecule has 0 spiro atoms. The molecule has 2 aromatic carbocycles. The molecular weight excluding hydrogens is 329 g/mol. The molecule has 0 saturated heterocycles. The number of halogens is 1. The predicted molar refractivity (Wildman–Crippen MR) is 103 cm³/mol.